The second-order valence-corrected chi connectivity index (χ2v) is 2.57. The summed E-state index contributed by atoms with van der Waals surface area (Å²) in [6.07, 6.45) is -4.34. The molecule has 0 amide bonds. The van der Waals surface area contributed by atoms with Gasteiger partial charge in [0.15, 0.2) is 0 Å². The van der Waals surface area contributed by atoms with Gasteiger partial charge < -0.3 is 4.74 Å². The molecule has 5 heteroatoms. The number of hydrogen-bond acceptors (Lipinski definition) is 2. The van der Waals surface area contributed by atoms with Gasteiger partial charge in [0.25, 0.3) is 0 Å². The molecule has 0 unspecified atom stereocenters. The van der Waals surface area contributed by atoms with Crippen molar-refractivity contribution >= 4 is 6.47 Å². The normalized spacial score (nSPS) is 11.1. The Kier molecular flexibility index (Phi) is 3.11. The van der Waals surface area contributed by atoms with Crippen LogP contribution in [0.25, 0.3) is 0 Å². The molecule has 2 nitrogen and oxygen atoms in total. The summed E-state index contributed by atoms with van der Waals surface area (Å²) in [5, 5.41) is 0. The highest BCUT2D eigenvalue weighted by molar-refractivity contribution is 5.38. The Morgan fingerprint density at radius 2 is 1.79 bits per heavy atom. The van der Waals surface area contributed by atoms with Crippen LogP contribution < -0.4 is 0 Å². The van der Waals surface area contributed by atoms with Crippen LogP contribution in [-0.4, -0.2) is 6.47 Å². The molecule has 1 rings (SSSR count). The second-order valence-electron chi connectivity index (χ2n) is 2.57. The van der Waals surface area contributed by atoms with Crippen molar-refractivity contribution in [1.82, 2.24) is 0 Å². The number of benzene rings is 1. The molecule has 0 aromatic heterocycles. The number of alkyl halides is 3. The van der Waals surface area contributed by atoms with E-state index in [0.29, 0.717) is 5.56 Å². The minimum Gasteiger partial charge on any atom is -0.452 e. The van der Waals surface area contributed by atoms with Crippen molar-refractivity contribution in [2.45, 2.75) is 12.8 Å². The summed E-state index contributed by atoms with van der Waals surface area (Å²) in [7, 11) is 0. The zero-order chi connectivity index (χ0) is 10.6. The highest BCUT2D eigenvalue weighted by Crippen LogP contribution is 2.29. The fraction of sp³-hybridized carbons (Fsp3) is 0.222. The predicted octanol–water partition coefficient (Wildman–Crippen LogP) is 2.29. The maximum absolute atomic E-state index is 12.1. The summed E-state index contributed by atoms with van der Waals surface area (Å²) in [5.74, 6) is 0. The Morgan fingerprint density at radius 3 is 2.21 bits per heavy atom. The zero-order valence-corrected chi connectivity index (χ0v) is 6.97. The van der Waals surface area contributed by atoms with Crippen LogP contribution in [0.4, 0.5) is 13.2 Å². The minimum atomic E-state index is -4.34. The molecule has 0 atom stereocenters. The van der Waals surface area contributed by atoms with Gasteiger partial charge in [0.05, 0.1) is 5.56 Å². The van der Waals surface area contributed by atoms with Gasteiger partial charge in [-0.1, -0.05) is 12.1 Å². The van der Waals surface area contributed by atoms with Crippen molar-refractivity contribution in [2.24, 2.45) is 0 Å². The Balaban J connectivity index is 2.73. The number of rotatable bonds is 3. The molecule has 0 saturated carbocycles. The molecule has 0 heterocycles. The molecule has 0 fully saturated rings. The maximum atomic E-state index is 12.1. The molecule has 0 saturated heterocycles. The lowest BCUT2D eigenvalue weighted by Crippen LogP contribution is -2.04. The van der Waals surface area contributed by atoms with Crippen molar-refractivity contribution < 1.29 is 22.7 Å². The van der Waals surface area contributed by atoms with Crippen LogP contribution in [0.5, 0.6) is 0 Å². The van der Waals surface area contributed by atoms with E-state index in [1.807, 2.05) is 0 Å². The second kappa shape index (κ2) is 4.13. The van der Waals surface area contributed by atoms with Crippen LogP contribution in [0.2, 0.25) is 0 Å². The first kappa shape index (κ1) is 10.6. The van der Waals surface area contributed by atoms with Gasteiger partial charge in [-0.3, -0.25) is 0 Å². The fourth-order valence-electron chi connectivity index (χ4n) is 0.903. The van der Waals surface area contributed by atoms with Crippen molar-refractivity contribution in [1.29, 1.82) is 0 Å². The quantitative estimate of drug-likeness (QED) is 0.753. The van der Waals surface area contributed by atoms with Crippen LogP contribution in [0, 0.1) is 0 Å². The predicted molar refractivity (Wildman–Crippen MR) is 41.9 cm³/mol. The molecule has 14 heavy (non-hydrogen) atoms. The van der Waals surface area contributed by atoms with Crippen LogP contribution in [-0.2, 0) is 22.3 Å². The van der Waals surface area contributed by atoms with Crippen LogP contribution >= 0.6 is 0 Å². The maximum Gasteiger partial charge on any atom is 0.417 e. The van der Waals surface area contributed by atoms with Gasteiger partial charge in [-0.25, -0.2) is 4.79 Å². The molecule has 0 bridgehead atoms. The standard InChI is InChI=1S/C9H6F3O2/c10-9(11,12)8-3-1-7(2-4-8)5-14-6-13/h1-4H,5H2. The molecule has 1 aromatic carbocycles. The molecular weight excluding hydrogens is 197 g/mol. The molecule has 0 spiro atoms. The molecule has 0 aliphatic rings. The van der Waals surface area contributed by atoms with Gasteiger partial charge in [0.1, 0.15) is 6.61 Å². The third-order valence-electron chi connectivity index (χ3n) is 1.58. The van der Waals surface area contributed by atoms with Crippen LogP contribution in [0.1, 0.15) is 11.1 Å². The van der Waals surface area contributed by atoms with Crippen LogP contribution in [0.3, 0.4) is 0 Å². The summed E-state index contributed by atoms with van der Waals surface area (Å²) >= 11 is 0. The fourth-order valence-corrected chi connectivity index (χ4v) is 0.903. The Bertz CT molecular complexity index is 303. The van der Waals surface area contributed by atoms with E-state index < -0.39 is 11.7 Å². The van der Waals surface area contributed by atoms with Crippen molar-refractivity contribution in [3.63, 3.8) is 0 Å². The van der Waals surface area contributed by atoms with Crippen molar-refractivity contribution in [3.8, 4) is 0 Å². The molecular formula is C9H6F3O2. The number of carbonyl (C=O) groups excluding carboxylic acids is 1. The summed E-state index contributed by atoms with van der Waals surface area (Å²) in [4.78, 5) is 9.68. The summed E-state index contributed by atoms with van der Waals surface area (Å²) in [6.45, 7) is 1.12. The molecule has 0 aliphatic carbocycles. The lowest BCUT2D eigenvalue weighted by atomic mass is 10.1. The molecule has 1 radical (unpaired) electrons. The summed E-state index contributed by atoms with van der Waals surface area (Å²) in [6, 6.07) is 4.37. The summed E-state index contributed by atoms with van der Waals surface area (Å²) < 4.78 is 40.5. The third-order valence-corrected chi connectivity index (χ3v) is 1.58. The van der Waals surface area contributed by atoms with Gasteiger partial charge >= 0.3 is 12.6 Å². The average Bonchev–Trinajstić information content (AvgIpc) is 2.14. The van der Waals surface area contributed by atoms with Gasteiger partial charge in [0, 0.05) is 0 Å². The lowest BCUT2D eigenvalue weighted by molar-refractivity contribution is -0.137. The van der Waals surface area contributed by atoms with Gasteiger partial charge in [-0.15, -0.1) is 0 Å². The molecule has 0 N–H and O–H groups in total. The van der Waals surface area contributed by atoms with E-state index in [-0.39, 0.29) is 6.61 Å². The zero-order valence-electron chi connectivity index (χ0n) is 6.97. The van der Waals surface area contributed by atoms with E-state index in [0.717, 1.165) is 12.1 Å². The highest BCUT2D eigenvalue weighted by atomic mass is 19.4. The van der Waals surface area contributed by atoms with E-state index in [4.69, 9.17) is 0 Å². The third kappa shape index (κ3) is 2.76. The average molecular weight is 203 g/mol. The topological polar surface area (TPSA) is 26.3 Å². The first-order chi connectivity index (χ1) is 6.54. The van der Waals surface area contributed by atoms with Gasteiger partial charge in [0.2, 0.25) is 0 Å². The Hall–Kier alpha value is -1.52. The van der Waals surface area contributed by atoms with E-state index in [1.54, 1.807) is 0 Å². The largest absolute Gasteiger partial charge is 0.452 e. The van der Waals surface area contributed by atoms with Crippen LogP contribution in [0.15, 0.2) is 24.3 Å². The smallest absolute Gasteiger partial charge is 0.417 e. The minimum absolute atomic E-state index is 0.0678. The first-order valence-corrected chi connectivity index (χ1v) is 3.69. The summed E-state index contributed by atoms with van der Waals surface area (Å²) in [5.41, 5.74) is -0.238. The molecule has 75 valence electrons. The van der Waals surface area contributed by atoms with E-state index in [1.165, 1.54) is 18.6 Å². The first-order valence-electron chi connectivity index (χ1n) is 3.69. The Labute approximate surface area is 78.3 Å². The van der Waals surface area contributed by atoms with E-state index in [2.05, 4.69) is 4.74 Å². The monoisotopic (exact) mass is 203 g/mol. The number of hydrogen-bond donors (Lipinski definition) is 0. The van der Waals surface area contributed by atoms with Gasteiger partial charge in [-0.2, -0.15) is 13.2 Å². The van der Waals surface area contributed by atoms with Crippen molar-refractivity contribution in [2.75, 3.05) is 0 Å². The molecule has 0 aliphatic heterocycles. The van der Waals surface area contributed by atoms with E-state index in [9.17, 15) is 18.0 Å². The Morgan fingerprint density at radius 1 is 1.21 bits per heavy atom. The number of halogens is 3. The molecule has 1 aromatic rings. The lowest BCUT2D eigenvalue weighted by Gasteiger charge is -2.06. The number of ether oxygens (including phenoxy) is 1. The van der Waals surface area contributed by atoms with Gasteiger partial charge in [-0.05, 0) is 17.7 Å². The highest BCUT2D eigenvalue weighted by Gasteiger charge is 2.29. The van der Waals surface area contributed by atoms with Crippen molar-refractivity contribution in [3.05, 3.63) is 35.4 Å². The SMILES string of the molecule is O=[C]OCc1ccc(C(F)(F)F)cc1. The van der Waals surface area contributed by atoms with E-state index >= 15 is 0 Å².